The molecule has 0 aromatic rings. The van der Waals surface area contributed by atoms with E-state index in [4.69, 9.17) is 16.3 Å². The highest BCUT2D eigenvalue weighted by Crippen LogP contribution is 2.21. The van der Waals surface area contributed by atoms with E-state index in [1.54, 1.807) is 0 Å². The van der Waals surface area contributed by atoms with Crippen molar-refractivity contribution >= 4 is 5.96 Å². The highest BCUT2D eigenvalue weighted by molar-refractivity contribution is 5.77. The maximum Gasteiger partial charge on any atom is 0.203 e. The molecule has 1 rings (SSSR count). The summed E-state index contributed by atoms with van der Waals surface area (Å²) in [6.07, 6.45) is 2.32. The largest absolute Gasteiger partial charge is 0.375 e. The topological polar surface area (TPSA) is 85.7 Å². The minimum Gasteiger partial charge on any atom is -0.375 e. The fourth-order valence-electron chi connectivity index (χ4n) is 1.71. The fourth-order valence-corrected chi connectivity index (χ4v) is 1.71. The third-order valence-corrected chi connectivity index (χ3v) is 2.14. The molecule has 5 N–H and O–H groups in total. The summed E-state index contributed by atoms with van der Waals surface area (Å²) in [7, 11) is 0. The van der Waals surface area contributed by atoms with Gasteiger partial charge in [0, 0.05) is 0 Å². The molecule has 0 aliphatic carbocycles. The number of hydrogen-bond acceptors (Lipinski definition) is 3. The molecule has 1 aliphatic heterocycles. The number of aliphatic imine (C=N–C) groups is 1. The van der Waals surface area contributed by atoms with Gasteiger partial charge in [-0.1, -0.05) is 0 Å². The Bertz CT molecular complexity index is 185. The first-order valence-corrected chi connectivity index (χ1v) is 4.57. The molecule has 0 saturated carbocycles. The van der Waals surface area contributed by atoms with Gasteiger partial charge < -0.3 is 10.5 Å². The second kappa shape index (κ2) is 4.43. The standard InChI is InChI=1S/C8H18N4O/c1-5-3-7(4-6(2)13-5)11-8(9)12-10/h5-7H,3-4,10H2,1-2H3,(H3,9,11,12). The first-order valence-electron chi connectivity index (χ1n) is 4.57. The van der Waals surface area contributed by atoms with Crippen LogP contribution in [0.25, 0.3) is 0 Å². The summed E-state index contributed by atoms with van der Waals surface area (Å²) in [5.74, 6) is 5.42. The molecule has 0 aromatic carbocycles. The van der Waals surface area contributed by atoms with E-state index in [1.165, 1.54) is 0 Å². The van der Waals surface area contributed by atoms with E-state index < -0.39 is 0 Å². The summed E-state index contributed by atoms with van der Waals surface area (Å²) in [6, 6.07) is 0.231. The summed E-state index contributed by atoms with van der Waals surface area (Å²) in [4.78, 5) is 4.23. The average molecular weight is 186 g/mol. The van der Waals surface area contributed by atoms with Gasteiger partial charge in [0.15, 0.2) is 0 Å². The summed E-state index contributed by atoms with van der Waals surface area (Å²) in [5, 5.41) is 0. The molecular formula is C8H18N4O. The van der Waals surface area contributed by atoms with Crippen LogP contribution in [0.15, 0.2) is 4.99 Å². The highest BCUT2D eigenvalue weighted by atomic mass is 16.5. The second-order valence-electron chi connectivity index (χ2n) is 3.54. The zero-order valence-corrected chi connectivity index (χ0v) is 8.16. The van der Waals surface area contributed by atoms with Crippen molar-refractivity contribution in [2.24, 2.45) is 16.6 Å². The second-order valence-corrected chi connectivity index (χ2v) is 3.54. The molecule has 1 fully saturated rings. The van der Waals surface area contributed by atoms with Crippen molar-refractivity contribution in [2.45, 2.75) is 44.9 Å². The van der Waals surface area contributed by atoms with E-state index in [0.717, 1.165) is 12.8 Å². The van der Waals surface area contributed by atoms with E-state index in [1.807, 2.05) is 13.8 Å². The number of guanidine groups is 1. The maximum absolute atomic E-state index is 5.57. The van der Waals surface area contributed by atoms with Crippen LogP contribution in [-0.4, -0.2) is 24.2 Å². The van der Waals surface area contributed by atoms with Gasteiger partial charge >= 0.3 is 0 Å². The van der Waals surface area contributed by atoms with Crippen molar-refractivity contribution in [2.75, 3.05) is 0 Å². The van der Waals surface area contributed by atoms with Gasteiger partial charge in [0.1, 0.15) is 0 Å². The SMILES string of the molecule is CC1CC(N=C(N)NN)CC(C)O1. The van der Waals surface area contributed by atoms with E-state index in [0.29, 0.717) is 5.96 Å². The van der Waals surface area contributed by atoms with Crippen LogP contribution >= 0.6 is 0 Å². The third kappa shape index (κ3) is 3.20. The molecule has 0 spiro atoms. The lowest BCUT2D eigenvalue weighted by Gasteiger charge is -2.29. The van der Waals surface area contributed by atoms with Crippen molar-refractivity contribution in [3.8, 4) is 0 Å². The van der Waals surface area contributed by atoms with E-state index in [-0.39, 0.29) is 18.2 Å². The van der Waals surface area contributed by atoms with Gasteiger partial charge in [0.25, 0.3) is 0 Å². The Hall–Kier alpha value is -0.810. The van der Waals surface area contributed by atoms with Gasteiger partial charge in [-0.2, -0.15) is 0 Å². The summed E-state index contributed by atoms with van der Waals surface area (Å²) >= 11 is 0. The normalized spacial score (nSPS) is 35.9. The smallest absolute Gasteiger partial charge is 0.203 e. The fraction of sp³-hybridized carbons (Fsp3) is 0.875. The third-order valence-electron chi connectivity index (χ3n) is 2.14. The highest BCUT2D eigenvalue weighted by Gasteiger charge is 2.23. The van der Waals surface area contributed by atoms with Gasteiger partial charge in [0.05, 0.1) is 18.2 Å². The van der Waals surface area contributed by atoms with Gasteiger partial charge in [0.2, 0.25) is 5.96 Å². The summed E-state index contributed by atoms with van der Waals surface area (Å²) in [5.41, 5.74) is 7.80. The molecule has 0 amide bonds. The van der Waals surface area contributed by atoms with Gasteiger partial charge in [-0.3, -0.25) is 5.43 Å². The minimum absolute atomic E-state index is 0.231. The van der Waals surface area contributed by atoms with Crippen molar-refractivity contribution in [3.05, 3.63) is 0 Å². The first kappa shape index (κ1) is 10.3. The lowest BCUT2D eigenvalue weighted by atomic mass is 10.0. The zero-order chi connectivity index (χ0) is 9.84. The van der Waals surface area contributed by atoms with Crippen LogP contribution in [0, 0.1) is 0 Å². The molecule has 5 nitrogen and oxygen atoms in total. The van der Waals surface area contributed by atoms with Crippen molar-refractivity contribution in [1.82, 2.24) is 5.43 Å². The maximum atomic E-state index is 5.57. The Morgan fingerprint density at radius 2 is 1.92 bits per heavy atom. The Kier molecular flexibility index (Phi) is 3.50. The van der Waals surface area contributed by atoms with Crippen molar-refractivity contribution in [1.29, 1.82) is 0 Å². The van der Waals surface area contributed by atoms with Crippen molar-refractivity contribution < 1.29 is 4.74 Å². The molecule has 13 heavy (non-hydrogen) atoms. The number of ether oxygens (including phenoxy) is 1. The number of nitrogens with two attached hydrogens (primary N) is 2. The van der Waals surface area contributed by atoms with Crippen LogP contribution in [-0.2, 0) is 4.74 Å². The molecular weight excluding hydrogens is 168 g/mol. The summed E-state index contributed by atoms with van der Waals surface area (Å²) < 4.78 is 5.57. The average Bonchev–Trinajstić information content (AvgIpc) is 2.02. The lowest BCUT2D eigenvalue weighted by molar-refractivity contribution is -0.0362. The zero-order valence-electron chi connectivity index (χ0n) is 8.16. The quantitative estimate of drug-likeness (QED) is 0.227. The van der Waals surface area contributed by atoms with Crippen molar-refractivity contribution in [3.63, 3.8) is 0 Å². The number of nitrogens with zero attached hydrogens (tertiary/aromatic N) is 1. The molecule has 1 saturated heterocycles. The lowest BCUT2D eigenvalue weighted by Crippen LogP contribution is -2.40. The van der Waals surface area contributed by atoms with Crippen LogP contribution in [0.1, 0.15) is 26.7 Å². The Morgan fingerprint density at radius 3 is 2.38 bits per heavy atom. The monoisotopic (exact) mass is 186 g/mol. The number of hydrogen-bond donors (Lipinski definition) is 3. The molecule has 2 unspecified atom stereocenters. The molecule has 0 aromatic heterocycles. The van der Waals surface area contributed by atoms with Crippen LogP contribution in [0.5, 0.6) is 0 Å². The Labute approximate surface area is 78.5 Å². The number of rotatable bonds is 1. The Balaban J connectivity index is 2.50. The molecule has 5 heteroatoms. The number of nitrogens with one attached hydrogen (secondary N) is 1. The van der Waals surface area contributed by atoms with E-state index in [9.17, 15) is 0 Å². The molecule has 1 heterocycles. The van der Waals surface area contributed by atoms with Gasteiger partial charge in [-0.25, -0.2) is 10.8 Å². The minimum atomic E-state index is 0.231. The summed E-state index contributed by atoms with van der Waals surface area (Å²) in [6.45, 7) is 4.09. The Morgan fingerprint density at radius 1 is 1.38 bits per heavy atom. The van der Waals surface area contributed by atoms with Gasteiger partial charge in [-0.15, -0.1) is 0 Å². The molecule has 1 aliphatic rings. The van der Waals surface area contributed by atoms with Gasteiger partial charge in [-0.05, 0) is 26.7 Å². The van der Waals surface area contributed by atoms with Crippen LogP contribution < -0.4 is 17.0 Å². The van der Waals surface area contributed by atoms with Crippen LogP contribution in [0.3, 0.4) is 0 Å². The molecule has 0 bridgehead atoms. The predicted octanol–water partition coefficient (Wildman–Crippen LogP) is -0.280. The molecule has 2 atom stereocenters. The van der Waals surface area contributed by atoms with E-state index in [2.05, 4.69) is 10.4 Å². The van der Waals surface area contributed by atoms with Crippen LogP contribution in [0.2, 0.25) is 0 Å². The first-order chi connectivity index (χ1) is 6.11. The van der Waals surface area contributed by atoms with Crippen LogP contribution in [0.4, 0.5) is 0 Å². The van der Waals surface area contributed by atoms with E-state index >= 15 is 0 Å². The molecule has 76 valence electrons. The predicted molar refractivity (Wildman–Crippen MR) is 52.0 cm³/mol. The number of hydrazine groups is 1. The molecule has 0 radical (unpaired) electrons.